The minimum absolute atomic E-state index is 0.0185. The number of nitrogens with one attached hydrogen (secondary N) is 2. The van der Waals surface area contributed by atoms with Gasteiger partial charge in [0.1, 0.15) is 6.10 Å². The molecule has 2 fully saturated rings. The molecule has 3 N–H and O–H groups in total. The summed E-state index contributed by atoms with van der Waals surface area (Å²) in [5, 5.41) is 15.4. The number of nitrogens with zero attached hydrogens (tertiary/aromatic N) is 1. The number of morpholine rings is 1. The maximum atomic E-state index is 12.3. The molecule has 0 aromatic rings. The minimum atomic E-state index is -0.559. The standard InChI is InChI=1S/C18H29N3O5/c22-12-16-15(20-18(24)19-13-3-1-2-4-13)6-5-14(26-16)11-17(23)21-7-9-25-10-8-21/h5-6,13-16,22H,1-4,7-12H2,(H2,19,20,24)/t14-,15-,16-/m0/s1. The number of hydrogen-bond donors (Lipinski definition) is 3. The van der Waals surface area contributed by atoms with Gasteiger partial charge in [0.25, 0.3) is 0 Å². The number of rotatable bonds is 5. The summed E-state index contributed by atoms with van der Waals surface area (Å²) in [6.45, 7) is 2.11. The van der Waals surface area contributed by atoms with Gasteiger partial charge < -0.3 is 30.1 Å². The van der Waals surface area contributed by atoms with Crippen LogP contribution in [0.2, 0.25) is 0 Å². The molecule has 3 aliphatic rings. The van der Waals surface area contributed by atoms with Crippen LogP contribution in [0, 0.1) is 0 Å². The van der Waals surface area contributed by atoms with Crippen LogP contribution in [0.25, 0.3) is 0 Å². The summed E-state index contributed by atoms with van der Waals surface area (Å²) in [6, 6.07) is -0.414. The van der Waals surface area contributed by atoms with E-state index in [1.54, 1.807) is 11.0 Å². The summed E-state index contributed by atoms with van der Waals surface area (Å²) < 4.78 is 11.1. The van der Waals surface area contributed by atoms with Crippen LogP contribution in [0.4, 0.5) is 4.79 Å². The molecule has 2 heterocycles. The van der Waals surface area contributed by atoms with Gasteiger partial charge in [0.15, 0.2) is 0 Å². The summed E-state index contributed by atoms with van der Waals surface area (Å²) in [6.07, 6.45) is 7.22. The predicted octanol–water partition coefficient (Wildman–Crippen LogP) is 0.162. The zero-order valence-corrected chi connectivity index (χ0v) is 15.1. The summed E-state index contributed by atoms with van der Waals surface area (Å²) in [5.41, 5.74) is 0. The number of aliphatic hydroxyl groups is 1. The Hall–Kier alpha value is -1.64. The van der Waals surface area contributed by atoms with Crippen molar-refractivity contribution in [1.82, 2.24) is 15.5 Å². The topological polar surface area (TPSA) is 100 Å². The lowest BCUT2D eigenvalue weighted by Crippen LogP contribution is -2.53. The molecule has 26 heavy (non-hydrogen) atoms. The molecule has 8 heteroatoms. The van der Waals surface area contributed by atoms with Gasteiger partial charge in [-0.2, -0.15) is 0 Å². The average molecular weight is 367 g/mol. The van der Waals surface area contributed by atoms with Crippen molar-refractivity contribution < 1.29 is 24.2 Å². The van der Waals surface area contributed by atoms with Crippen molar-refractivity contribution in [2.24, 2.45) is 0 Å². The summed E-state index contributed by atoms with van der Waals surface area (Å²) in [5.74, 6) is 0.0185. The first-order valence-corrected chi connectivity index (χ1v) is 9.53. The van der Waals surface area contributed by atoms with E-state index < -0.39 is 18.2 Å². The lowest BCUT2D eigenvalue weighted by molar-refractivity contribution is -0.139. The van der Waals surface area contributed by atoms with Crippen LogP contribution in [0.5, 0.6) is 0 Å². The third-order valence-electron chi connectivity index (χ3n) is 5.19. The first-order chi connectivity index (χ1) is 12.7. The van der Waals surface area contributed by atoms with E-state index in [0.29, 0.717) is 26.3 Å². The van der Waals surface area contributed by atoms with Crippen molar-refractivity contribution in [1.29, 1.82) is 0 Å². The molecule has 3 atom stereocenters. The lowest BCUT2D eigenvalue weighted by Gasteiger charge is -2.33. The Morgan fingerprint density at radius 1 is 1.12 bits per heavy atom. The van der Waals surface area contributed by atoms with Gasteiger partial charge in [0.05, 0.1) is 38.4 Å². The van der Waals surface area contributed by atoms with E-state index in [1.165, 1.54) is 0 Å². The quantitative estimate of drug-likeness (QED) is 0.601. The van der Waals surface area contributed by atoms with Crippen molar-refractivity contribution in [3.63, 3.8) is 0 Å². The molecular weight excluding hydrogens is 338 g/mol. The summed E-state index contributed by atoms with van der Waals surface area (Å²) in [7, 11) is 0. The number of amides is 3. The molecule has 1 saturated carbocycles. The Morgan fingerprint density at radius 2 is 1.85 bits per heavy atom. The zero-order valence-electron chi connectivity index (χ0n) is 15.1. The van der Waals surface area contributed by atoms with Crippen molar-refractivity contribution in [2.45, 2.75) is 56.4 Å². The first-order valence-electron chi connectivity index (χ1n) is 9.53. The lowest BCUT2D eigenvalue weighted by atomic mass is 10.0. The van der Waals surface area contributed by atoms with Crippen molar-refractivity contribution in [3.05, 3.63) is 12.2 Å². The van der Waals surface area contributed by atoms with Gasteiger partial charge in [-0.3, -0.25) is 4.79 Å². The molecule has 146 valence electrons. The highest BCUT2D eigenvalue weighted by Gasteiger charge is 2.30. The van der Waals surface area contributed by atoms with Gasteiger partial charge in [-0.25, -0.2) is 4.79 Å². The summed E-state index contributed by atoms with van der Waals surface area (Å²) in [4.78, 5) is 26.2. The van der Waals surface area contributed by atoms with Crippen molar-refractivity contribution in [2.75, 3.05) is 32.9 Å². The Bertz CT molecular complexity index is 515. The molecule has 3 amide bonds. The van der Waals surface area contributed by atoms with Gasteiger partial charge in [-0.05, 0) is 12.8 Å². The van der Waals surface area contributed by atoms with Crippen LogP contribution in [0.1, 0.15) is 32.1 Å². The second-order valence-electron chi connectivity index (χ2n) is 7.10. The minimum Gasteiger partial charge on any atom is -0.394 e. The molecule has 0 unspecified atom stereocenters. The second kappa shape index (κ2) is 9.34. The fourth-order valence-corrected chi connectivity index (χ4v) is 3.70. The van der Waals surface area contributed by atoms with E-state index in [9.17, 15) is 14.7 Å². The molecule has 1 aliphatic carbocycles. The van der Waals surface area contributed by atoms with E-state index in [-0.39, 0.29) is 31.0 Å². The van der Waals surface area contributed by atoms with Gasteiger partial charge in [0.2, 0.25) is 5.91 Å². The smallest absolute Gasteiger partial charge is 0.315 e. The highest BCUT2D eigenvalue weighted by Crippen LogP contribution is 2.19. The van der Waals surface area contributed by atoms with Crippen LogP contribution in [0.15, 0.2) is 12.2 Å². The van der Waals surface area contributed by atoms with Crippen LogP contribution >= 0.6 is 0 Å². The molecule has 8 nitrogen and oxygen atoms in total. The van der Waals surface area contributed by atoms with Gasteiger partial charge in [-0.1, -0.05) is 25.0 Å². The molecule has 3 rings (SSSR count). The van der Waals surface area contributed by atoms with Gasteiger partial charge in [-0.15, -0.1) is 0 Å². The first kappa shape index (κ1) is 19.1. The SMILES string of the molecule is O=C(NC1CCCC1)N[C@H]1C=C[C@@H](CC(=O)N2CCOCC2)O[C@H]1CO. The van der Waals surface area contributed by atoms with Crippen molar-refractivity contribution >= 4 is 11.9 Å². The zero-order chi connectivity index (χ0) is 18.4. The maximum Gasteiger partial charge on any atom is 0.315 e. The molecule has 1 saturated heterocycles. The number of carbonyl (C=O) groups excluding carboxylic acids is 2. The van der Waals surface area contributed by atoms with Gasteiger partial charge >= 0.3 is 6.03 Å². The van der Waals surface area contributed by atoms with E-state index in [4.69, 9.17) is 9.47 Å². The molecule has 0 bridgehead atoms. The highest BCUT2D eigenvalue weighted by atomic mass is 16.5. The average Bonchev–Trinajstić information content (AvgIpc) is 3.16. The Labute approximate surface area is 153 Å². The second-order valence-corrected chi connectivity index (χ2v) is 7.10. The fraction of sp³-hybridized carbons (Fsp3) is 0.778. The number of hydrogen-bond acceptors (Lipinski definition) is 5. The van der Waals surface area contributed by atoms with E-state index in [1.807, 2.05) is 6.08 Å². The van der Waals surface area contributed by atoms with Crippen molar-refractivity contribution in [3.8, 4) is 0 Å². The molecular formula is C18H29N3O5. The molecule has 0 spiro atoms. The van der Waals surface area contributed by atoms with Gasteiger partial charge in [0, 0.05) is 19.1 Å². The number of urea groups is 1. The monoisotopic (exact) mass is 367 g/mol. The van der Waals surface area contributed by atoms with E-state index >= 15 is 0 Å². The number of ether oxygens (including phenoxy) is 2. The highest BCUT2D eigenvalue weighted by molar-refractivity contribution is 5.77. The Balaban J connectivity index is 1.49. The normalized spacial score (nSPS) is 29.6. The number of carbonyl (C=O) groups is 2. The largest absolute Gasteiger partial charge is 0.394 e. The van der Waals surface area contributed by atoms with Crippen LogP contribution in [-0.4, -0.2) is 79.1 Å². The fourth-order valence-electron chi connectivity index (χ4n) is 3.70. The molecule has 0 aromatic carbocycles. The third kappa shape index (κ3) is 5.18. The van der Waals surface area contributed by atoms with Crippen LogP contribution in [0.3, 0.4) is 0 Å². The third-order valence-corrected chi connectivity index (χ3v) is 5.19. The Kier molecular flexibility index (Phi) is 6.87. The Morgan fingerprint density at radius 3 is 2.54 bits per heavy atom. The predicted molar refractivity (Wildman–Crippen MR) is 94.6 cm³/mol. The van der Waals surface area contributed by atoms with Crippen LogP contribution in [-0.2, 0) is 14.3 Å². The molecule has 2 aliphatic heterocycles. The van der Waals surface area contributed by atoms with E-state index in [0.717, 1.165) is 25.7 Å². The number of aliphatic hydroxyl groups excluding tert-OH is 1. The summed E-state index contributed by atoms with van der Waals surface area (Å²) >= 11 is 0. The molecule has 0 radical (unpaired) electrons. The van der Waals surface area contributed by atoms with E-state index in [2.05, 4.69) is 10.6 Å². The maximum absolute atomic E-state index is 12.3. The molecule has 0 aromatic heterocycles. The van der Waals surface area contributed by atoms with Crippen LogP contribution < -0.4 is 10.6 Å².